The third-order valence-corrected chi connectivity index (χ3v) is 8.58. The molecule has 7 nitrogen and oxygen atoms in total. The van der Waals surface area contributed by atoms with Gasteiger partial charge in [0.2, 0.25) is 10.0 Å². The average Bonchev–Trinajstić information content (AvgIpc) is 3.44. The Kier molecular flexibility index (Phi) is 6.66. The summed E-state index contributed by atoms with van der Waals surface area (Å²) in [5.41, 5.74) is 1.99. The summed E-state index contributed by atoms with van der Waals surface area (Å²) in [7, 11) is -2.00. The number of nitrogens with one attached hydrogen (secondary N) is 1. The largest absolute Gasteiger partial charge is 0.298 e. The monoisotopic (exact) mass is 486 g/mol. The summed E-state index contributed by atoms with van der Waals surface area (Å²) < 4.78 is 27.7. The molecule has 0 radical (unpaired) electrons. The predicted octanol–water partition coefficient (Wildman–Crippen LogP) is 5.09. The van der Waals surface area contributed by atoms with Crippen LogP contribution in [0.2, 0.25) is 0 Å². The van der Waals surface area contributed by atoms with Crippen molar-refractivity contribution in [2.24, 2.45) is 0 Å². The van der Waals surface area contributed by atoms with Crippen molar-refractivity contribution < 1.29 is 13.2 Å². The molecule has 0 bridgehead atoms. The lowest BCUT2D eigenvalue weighted by atomic mass is 10.2. The minimum Gasteiger partial charge on any atom is -0.298 e. The van der Waals surface area contributed by atoms with Crippen LogP contribution in [-0.2, 0) is 10.0 Å². The van der Waals surface area contributed by atoms with Crippen LogP contribution < -0.4 is 5.32 Å². The van der Waals surface area contributed by atoms with Gasteiger partial charge in [-0.15, -0.1) is 22.7 Å². The van der Waals surface area contributed by atoms with Gasteiger partial charge >= 0.3 is 0 Å². The van der Waals surface area contributed by atoms with Crippen LogP contribution in [-0.4, -0.2) is 42.2 Å². The third kappa shape index (κ3) is 4.73. The van der Waals surface area contributed by atoms with E-state index in [4.69, 9.17) is 0 Å². The molecule has 0 saturated heterocycles. The summed E-state index contributed by atoms with van der Waals surface area (Å²) in [6.07, 6.45) is 1.71. The molecule has 32 heavy (non-hydrogen) atoms. The number of rotatable bonds is 8. The van der Waals surface area contributed by atoms with Gasteiger partial charge in [0, 0.05) is 24.5 Å². The zero-order valence-corrected chi connectivity index (χ0v) is 20.1. The van der Waals surface area contributed by atoms with E-state index in [2.05, 4.69) is 15.3 Å². The Labute approximate surface area is 194 Å². The predicted molar refractivity (Wildman–Crippen MR) is 130 cm³/mol. The third-order valence-electron chi connectivity index (χ3n) is 4.89. The number of amides is 1. The van der Waals surface area contributed by atoms with Crippen molar-refractivity contribution in [1.29, 1.82) is 0 Å². The molecule has 0 unspecified atom stereocenters. The first-order chi connectivity index (χ1) is 15.4. The number of benzene rings is 2. The minimum atomic E-state index is -3.57. The number of hydrogen-bond donors (Lipinski definition) is 1. The summed E-state index contributed by atoms with van der Waals surface area (Å²) in [5.74, 6) is -0.349. The standard InChI is InChI=1S/C22H22N4O3S3/c1-3-4-13-26(2)32(28,29)16-11-9-15(10-12-16)20(27)25-22-24-18(14-30-22)21-23-17-7-5-6-8-19(17)31-21/h5-12,14H,3-4,13H2,1-2H3,(H,24,25,27). The van der Waals surface area contributed by atoms with Crippen LogP contribution in [0.5, 0.6) is 0 Å². The van der Waals surface area contributed by atoms with Gasteiger partial charge in [-0.25, -0.2) is 22.7 Å². The lowest BCUT2D eigenvalue weighted by Gasteiger charge is -2.16. The Morgan fingerprint density at radius 1 is 1.09 bits per heavy atom. The van der Waals surface area contributed by atoms with Gasteiger partial charge < -0.3 is 0 Å². The highest BCUT2D eigenvalue weighted by Gasteiger charge is 2.21. The van der Waals surface area contributed by atoms with Crippen LogP contribution in [0.3, 0.4) is 0 Å². The first-order valence-electron chi connectivity index (χ1n) is 10.1. The maximum absolute atomic E-state index is 12.6. The molecule has 2 aromatic heterocycles. The number of thiazole rings is 2. The number of nitrogens with zero attached hydrogens (tertiary/aromatic N) is 3. The molecular formula is C22H22N4O3S3. The highest BCUT2D eigenvalue weighted by Crippen LogP contribution is 2.32. The van der Waals surface area contributed by atoms with E-state index in [-0.39, 0.29) is 10.8 Å². The number of sulfonamides is 1. The van der Waals surface area contributed by atoms with Gasteiger partial charge in [-0.3, -0.25) is 10.1 Å². The molecule has 2 heterocycles. The summed E-state index contributed by atoms with van der Waals surface area (Å²) in [4.78, 5) is 21.9. The number of aromatic nitrogens is 2. The molecule has 4 rings (SSSR count). The first kappa shape index (κ1) is 22.5. The Morgan fingerprint density at radius 2 is 1.84 bits per heavy atom. The number of para-hydroxylation sites is 1. The molecule has 2 aromatic carbocycles. The van der Waals surface area contributed by atoms with E-state index in [0.717, 1.165) is 28.1 Å². The second-order valence-electron chi connectivity index (χ2n) is 7.18. The fourth-order valence-electron chi connectivity index (χ4n) is 3.04. The summed E-state index contributed by atoms with van der Waals surface area (Å²) in [6, 6.07) is 13.8. The molecule has 0 saturated carbocycles. The van der Waals surface area contributed by atoms with Gasteiger partial charge in [0.25, 0.3) is 5.91 Å². The maximum atomic E-state index is 12.6. The van der Waals surface area contributed by atoms with E-state index in [1.165, 1.54) is 39.9 Å². The smallest absolute Gasteiger partial charge is 0.257 e. The van der Waals surface area contributed by atoms with E-state index >= 15 is 0 Å². The van der Waals surface area contributed by atoms with Crippen molar-refractivity contribution in [3.05, 3.63) is 59.5 Å². The second kappa shape index (κ2) is 9.45. The number of carbonyl (C=O) groups excluding carboxylic acids is 1. The maximum Gasteiger partial charge on any atom is 0.257 e. The number of anilines is 1. The first-order valence-corrected chi connectivity index (χ1v) is 13.2. The highest BCUT2D eigenvalue weighted by atomic mass is 32.2. The quantitative estimate of drug-likeness (QED) is 0.374. The van der Waals surface area contributed by atoms with Crippen LogP contribution in [0.1, 0.15) is 30.1 Å². The van der Waals surface area contributed by atoms with E-state index in [1.54, 1.807) is 18.4 Å². The van der Waals surface area contributed by atoms with Gasteiger partial charge in [0.05, 0.1) is 15.1 Å². The summed E-state index contributed by atoms with van der Waals surface area (Å²) >= 11 is 2.87. The SMILES string of the molecule is CCCCN(C)S(=O)(=O)c1ccc(C(=O)Nc2nc(-c3nc4ccccc4s3)cs2)cc1. The van der Waals surface area contributed by atoms with Crippen molar-refractivity contribution in [3.8, 4) is 10.7 Å². The van der Waals surface area contributed by atoms with E-state index < -0.39 is 10.0 Å². The van der Waals surface area contributed by atoms with Crippen LogP contribution >= 0.6 is 22.7 Å². The van der Waals surface area contributed by atoms with Crippen LogP contribution in [0.25, 0.3) is 20.9 Å². The molecule has 1 amide bonds. The highest BCUT2D eigenvalue weighted by molar-refractivity contribution is 7.89. The second-order valence-corrected chi connectivity index (χ2v) is 11.1. The van der Waals surface area contributed by atoms with E-state index in [0.29, 0.717) is 22.9 Å². The molecule has 0 aliphatic rings. The number of carbonyl (C=O) groups is 1. The molecule has 0 atom stereocenters. The van der Waals surface area contributed by atoms with Gasteiger partial charge in [-0.1, -0.05) is 25.5 Å². The molecule has 10 heteroatoms. The Morgan fingerprint density at radius 3 is 2.56 bits per heavy atom. The zero-order valence-electron chi connectivity index (χ0n) is 17.6. The Bertz CT molecular complexity index is 1310. The van der Waals surface area contributed by atoms with Gasteiger partial charge in [-0.05, 0) is 42.8 Å². The zero-order chi connectivity index (χ0) is 22.7. The van der Waals surface area contributed by atoms with Crippen molar-refractivity contribution in [2.75, 3.05) is 18.9 Å². The normalized spacial score (nSPS) is 11.8. The molecule has 166 valence electrons. The Hall–Kier alpha value is -2.66. The van der Waals surface area contributed by atoms with Gasteiger partial charge in [0.1, 0.15) is 10.7 Å². The molecule has 1 N–H and O–H groups in total. The van der Waals surface area contributed by atoms with Gasteiger partial charge in [0.15, 0.2) is 5.13 Å². The van der Waals surface area contributed by atoms with Crippen molar-refractivity contribution in [2.45, 2.75) is 24.7 Å². The Balaban J connectivity index is 1.45. The minimum absolute atomic E-state index is 0.167. The number of unbranched alkanes of at least 4 members (excludes halogenated alkanes) is 1. The molecular weight excluding hydrogens is 464 g/mol. The number of fused-ring (bicyclic) bond motifs is 1. The van der Waals surface area contributed by atoms with Crippen molar-refractivity contribution in [3.63, 3.8) is 0 Å². The van der Waals surface area contributed by atoms with Crippen molar-refractivity contribution >= 4 is 54.0 Å². The lowest BCUT2D eigenvalue weighted by Crippen LogP contribution is -2.28. The summed E-state index contributed by atoms with van der Waals surface area (Å²) in [6.45, 7) is 2.47. The number of hydrogen-bond acceptors (Lipinski definition) is 7. The van der Waals surface area contributed by atoms with Gasteiger partial charge in [-0.2, -0.15) is 0 Å². The fraction of sp³-hybridized carbons (Fsp3) is 0.227. The average molecular weight is 487 g/mol. The van der Waals surface area contributed by atoms with Crippen LogP contribution in [0, 0.1) is 0 Å². The van der Waals surface area contributed by atoms with E-state index in [1.807, 2.05) is 36.6 Å². The lowest BCUT2D eigenvalue weighted by molar-refractivity contribution is 0.102. The van der Waals surface area contributed by atoms with Crippen LogP contribution in [0.15, 0.2) is 58.8 Å². The molecule has 0 spiro atoms. The fourth-order valence-corrected chi connectivity index (χ4v) is 5.94. The summed E-state index contributed by atoms with van der Waals surface area (Å²) in [5, 5.41) is 5.89. The molecule has 0 aliphatic heterocycles. The molecule has 0 aliphatic carbocycles. The molecule has 0 fully saturated rings. The van der Waals surface area contributed by atoms with Crippen LogP contribution in [0.4, 0.5) is 5.13 Å². The topological polar surface area (TPSA) is 92.3 Å². The van der Waals surface area contributed by atoms with E-state index in [9.17, 15) is 13.2 Å². The molecule has 4 aromatic rings. The van der Waals surface area contributed by atoms with Crippen molar-refractivity contribution in [1.82, 2.24) is 14.3 Å².